The van der Waals surface area contributed by atoms with Gasteiger partial charge < -0.3 is 21.5 Å². The van der Waals surface area contributed by atoms with Crippen LogP contribution in [0.2, 0.25) is 0 Å². The highest BCUT2D eigenvalue weighted by Gasteiger charge is 2.22. The number of rotatable bonds is 6. The largest absolute Gasteiger partial charge is 0.480 e. The Labute approximate surface area is 93.4 Å². The van der Waals surface area contributed by atoms with E-state index in [2.05, 4.69) is 10.6 Å². The Morgan fingerprint density at radius 3 is 2.25 bits per heavy atom. The number of hydrogen-bond acceptors (Lipinski definition) is 3. The molecule has 2 atom stereocenters. The molecule has 0 radical (unpaired) electrons. The third kappa shape index (κ3) is 5.84. The Morgan fingerprint density at radius 2 is 1.88 bits per heavy atom. The minimum absolute atomic E-state index is 0.0666. The van der Waals surface area contributed by atoms with Crippen LogP contribution in [0.15, 0.2) is 0 Å². The fourth-order valence-electron chi connectivity index (χ4n) is 0.927. The van der Waals surface area contributed by atoms with Gasteiger partial charge in [-0.25, -0.2) is 9.59 Å². The van der Waals surface area contributed by atoms with Gasteiger partial charge in [-0.1, -0.05) is 6.92 Å². The normalized spacial score (nSPS) is 13.6. The Morgan fingerprint density at radius 1 is 1.31 bits per heavy atom. The maximum atomic E-state index is 11.3. The van der Waals surface area contributed by atoms with E-state index in [1.54, 1.807) is 6.92 Å². The summed E-state index contributed by atoms with van der Waals surface area (Å²) in [6.45, 7) is 3.66. The van der Waals surface area contributed by atoms with Gasteiger partial charge in [-0.3, -0.25) is 4.79 Å². The number of carbonyl (C=O) groups is 3. The van der Waals surface area contributed by atoms with Crippen molar-refractivity contribution in [3.8, 4) is 0 Å². The Hall–Kier alpha value is -1.79. The molecule has 0 aliphatic rings. The van der Waals surface area contributed by atoms with Crippen molar-refractivity contribution in [1.82, 2.24) is 10.6 Å². The van der Waals surface area contributed by atoms with Crippen molar-refractivity contribution in [2.45, 2.75) is 38.8 Å². The molecule has 0 rings (SSSR count). The van der Waals surface area contributed by atoms with Gasteiger partial charge in [-0.05, 0) is 13.3 Å². The first kappa shape index (κ1) is 14.2. The highest BCUT2D eigenvalue weighted by molar-refractivity contribution is 5.87. The molecule has 0 bridgehead atoms. The topological polar surface area (TPSA) is 122 Å². The van der Waals surface area contributed by atoms with E-state index >= 15 is 0 Å². The van der Waals surface area contributed by atoms with Crippen LogP contribution in [-0.4, -0.2) is 35.1 Å². The third-order valence-electron chi connectivity index (χ3n) is 2.00. The average Bonchev–Trinajstić information content (AvgIpc) is 2.15. The second kappa shape index (κ2) is 6.65. The lowest BCUT2D eigenvalue weighted by molar-refractivity contribution is -0.140. The molecule has 0 aromatic heterocycles. The first-order valence-electron chi connectivity index (χ1n) is 4.95. The lowest BCUT2D eigenvalue weighted by Gasteiger charge is -2.16. The Bertz CT molecular complexity index is 280. The van der Waals surface area contributed by atoms with E-state index in [1.807, 2.05) is 6.92 Å². The fourth-order valence-corrected chi connectivity index (χ4v) is 0.927. The molecule has 16 heavy (non-hydrogen) atoms. The molecular formula is C9H17N3O4. The van der Waals surface area contributed by atoms with Crippen LogP contribution < -0.4 is 16.4 Å². The van der Waals surface area contributed by atoms with Crippen molar-refractivity contribution < 1.29 is 19.5 Å². The summed E-state index contributed by atoms with van der Waals surface area (Å²) in [5, 5.41) is 13.4. The molecule has 0 spiro atoms. The van der Waals surface area contributed by atoms with Crippen LogP contribution >= 0.6 is 0 Å². The second-order valence-electron chi connectivity index (χ2n) is 3.49. The molecule has 92 valence electrons. The number of amides is 3. The Kier molecular flexibility index (Phi) is 5.91. The van der Waals surface area contributed by atoms with Gasteiger partial charge >= 0.3 is 12.0 Å². The van der Waals surface area contributed by atoms with Crippen LogP contribution in [0, 0.1) is 0 Å². The molecule has 0 aromatic carbocycles. The zero-order chi connectivity index (χ0) is 12.7. The van der Waals surface area contributed by atoms with Crippen molar-refractivity contribution in [3.63, 3.8) is 0 Å². The monoisotopic (exact) mass is 231 g/mol. The van der Waals surface area contributed by atoms with Crippen LogP contribution in [0.1, 0.15) is 26.7 Å². The number of carboxylic acids is 1. The molecule has 3 amide bonds. The number of urea groups is 1. The van der Waals surface area contributed by atoms with Gasteiger partial charge in [0.25, 0.3) is 0 Å². The van der Waals surface area contributed by atoms with Crippen molar-refractivity contribution >= 4 is 17.9 Å². The number of carboxylic acid groups (broad SMARTS) is 1. The number of aliphatic carboxylic acids is 1. The molecule has 7 nitrogen and oxygen atoms in total. The second-order valence-corrected chi connectivity index (χ2v) is 3.49. The minimum atomic E-state index is -1.29. The number of nitrogens with one attached hydrogen (secondary N) is 2. The molecule has 0 fully saturated rings. The zero-order valence-electron chi connectivity index (χ0n) is 9.32. The molecule has 5 N–H and O–H groups in total. The third-order valence-corrected chi connectivity index (χ3v) is 2.00. The summed E-state index contributed by atoms with van der Waals surface area (Å²) in [5.41, 5.74) is 4.86. The molecule has 0 aliphatic carbocycles. The molecule has 0 aromatic rings. The quantitative estimate of drug-likeness (QED) is 0.488. The van der Waals surface area contributed by atoms with Gasteiger partial charge in [-0.2, -0.15) is 0 Å². The van der Waals surface area contributed by atoms with Crippen LogP contribution in [0.5, 0.6) is 0 Å². The predicted octanol–water partition coefficient (Wildman–Crippen LogP) is -0.587. The van der Waals surface area contributed by atoms with Crippen LogP contribution in [0.3, 0.4) is 0 Å². The van der Waals surface area contributed by atoms with Crippen molar-refractivity contribution in [3.05, 3.63) is 0 Å². The van der Waals surface area contributed by atoms with E-state index in [0.29, 0.717) is 0 Å². The van der Waals surface area contributed by atoms with Gasteiger partial charge in [0.2, 0.25) is 5.91 Å². The van der Waals surface area contributed by atoms with Crippen molar-refractivity contribution in [1.29, 1.82) is 0 Å². The summed E-state index contributed by atoms with van der Waals surface area (Å²) >= 11 is 0. The van der Waals surface area contributed by atoms with E-state index in [1.165, 1.54) is 0 Å². The van der Waals surface area contributed by atoms with Gasteiger partial charge in [0, 0.05) is 6.04 Å². The lowest BCUT2D eigenvalue weighted by Crippen LogP contribution is -2.49. The van der Waals surface area contributed by atoms with Crippen LogP contribution in [0.4, 0.5) is 4.79 Å². The summed E-state index contributed by atoms with van der Waals surface area (Å²) < 4.78 is 0. The van der Waals surface area contributed by atoms with E-state index < -0.39 is 30.4 Å². The number of carbonyl (C=O) groups excluding carboxylic acids is 2. The summed E-state index contributed by atoms with van der Waals surface area (Å²) in [6.07, 6.45) is 0.296. The molecule has 2 unspecified atom stereocenters. The smallest absolute Gasteiger partial charge is 0.326 e. The first-order valence-corrected chi connectivity index (χ1v) is 4.95. The summed E-state index contributed by atoms with van der Waals surface area (Å²) in [7, 11) is 0. The molecule has 0 heterocycles. The highest BCUT2D eigenvalue weighted by atomic mass is 16.4. The standard InChI is InChI=1S/C9H17N3O4/c1-3-5(2)11-9(16)12-6(8(14)15)4-7(10)13/h5-6H,3-4H2,1-2H3,(H2,10,13)(H,14,15)(H2,11,12,16). The SMILES string of the molecule is CCC(C)NC(=O)NC(CC(N)=O)C(=O)O. The van der Waals surface area contributed by atoms with Gasteiger partial charge in [-0.15, -0.1) is 0 Å². The van der Waals surface area contributed by atoms with Gasteiger partial charge in [0.1, 0.15) is 6.04 Å². The van der Waals surface area contributed by atoms with E-state index in [-0.39, 0.29) is 6.04 Å². The summed E-state index contributed by atoms with van der Waals surface area (Å²) in [4.78, 5) is 32.5. The zero-order valence-corrected chi connectivity index (χ0v) is 9.32. The van der Waals surface area contributed by atoms with E-state index in [0.717, 1.165) is 6.42 Å². The molecule has 7 heteroatoms. The first-order chi connectivity index (χ1) is 7.36. The van der Waals surface area contributed by atoms with Crippen molar-refractivity contribution in [2.75, 3.05) is 0 Å². The van der Waals surface area contributed by atoms with Crippen LogP contribution in [0.25, 0.3) is 0 Å². The number of hydrogen-bond donors (Lipinski definition) is 4. The molecular weight excluding hydrogens is 214 g/mol. The van der Waals surface area contributed by atoms with Crippen LogP contribution in [-0.2, 0) is 9.59 Å². The van der Waals surface area contributed by atoms with Gasteiger partial charge in [0.05, 0.1) is 6.42 Å². The maximum Gasteiger partial charge on any atom is 0.326 e. The molecule has 0 saturated carbocycles. The highest BCUT2D eigenvalue weighted by Crippen LogP contribution is 1.93. The predicted molar refractivity (Wildman–Crippen MR) is 56.7 cm³/mol. The van der Waals surface area contributed by atoms with E-state index in [9.17, 15) is 14.4 Å². The molecule has 0 saturated heterocycles. The fraction of sp³-hybridized carbons (Fsp3) is 0.667. The average molecular weight is 231 g/mol. The number of nitrogens with two attached hydrogens (primary N) is 1. The summed E-state index contributed by atoms with van der Waals surface area (Å²) in [5.74, 6) is -2.07. The maximum absolute atomic E-state index is 11.3. The van der Waals surface area contributed by atoms with Crippen molar-refractivity contribution in [2.24, 2.45) is 5.73 Å². The van der Waals surface area contributed by atoms with E-state index in [4.69, 9.17) is 10.8 Å². The lowest BCUT2D eigenvalue weighted by atomic mass is 10.2. The molecule has 0 aliphatic heterocycles. The summed E-state index contributed by atoms with van der Waals surface area (Å²) in [6, 6.07) is -1.98. The minimum Gasteiger partial charge on any atom is -0.480 e. The number of primary amides is 1. The van der Waals surface area contributed by atoms with Gasteiger partial charge in [0.15, 0.2) is 0 Å². The Balaban J connectivity index is 4.24.